The number of rotatable bonds is 6. The third-order valence-electron chi connectivity index (χ3n) is 2.14. The highest BCUT2D eigenvalue weighted by Gasteiger charge is 2.12. The summed E-state index contributed by atoms with van der Waals surface area (Å²) in [5, 5.41) is 13.6. The summed E-state index contributed by atoms with van der Waals surface area (Å²) in [6.45, 7) is 2.14. The fourth-order valence-electron chi connectivity index (χ4n) is 1.37. The van der Waals surface area contributed by atoms with E-state index in [1.54, 1.807) is 13.1 Å². The number of thioether (sulfide) groups is 1. The van der Waals surface area contributed by atoms with Gasteiger partial charge in [-0.1, -0.05) is 13.0 Å². The molecule has 0 aromatic heterocycles. The van der Waals surface area contributed by atoms with Gasteiger partial charge in [0.2, 0.25) is 0 Å². The summed E-state index contributed by atoms with van der Waals surface area (Å²) in [7, 11) is 1.70. The van der Waals surface area contributed by atoms with Crippen molar-refractivity contribution in [1.82, 2.24) is 0 Å². The van der Waals surface area contributed by atoms with E-state index in [1.165, 1.54) is 0 Å². The topological polar surface area (TPSA) is 55.2 Å². The van der Waals surface area contributed by atoms with Gasteiger partial charge in [0, 0.05) is 18.9 Å². The maximum atomic E-state index is 10.7. The van der Waals surface area contributed by atoms with Crippen LogP contribution in [0.25, 0.3) is 0 Å². The molecule has 0 aliphatic heterocycles. The van der Waals surface area contributed by atoms with Crippen LogP contribution in [0.3, 0.4) is 0 Å². The Bertz CT molecular complexity index is 369. The van der Waals surface area contributed by atoms with Crippen molar-refractivity contribution in [3.63, 3.8) is 0 Å². The molecule has 0 amide bonds. The van der Waals surface area contributed by atoms with Crippen LogP contribution < -0.4 is 5.32 Å². The van der Waals surface area contributed by atoms with Gasteiger partial charge in [0.05, 0.1) is 4.92 Å². The minimum atomic E-state index is -0.366. The number of hydrogen-bond donors (Lipinski definition) is 1. The van der Waals surface area contributed by atoms with E-state index in [-0.39, 0.29) is 10.6 Å². The Morgan fingerprint density at radius 1 is 1.50 bits per heavy atom. The Morgan fingerprint density at radius 3 is 2.81 bits per heavy atom. The molecule has 5 heteroatoms. The smallest absolute Gasteiger partial charge is 0.292 e. The van der Waals surface area contributed by atoms with E-state index >= 15 is 0 Å². The molecule has 0 radical (unpaired) electrons. The molecule has 0 saturated heterocycles. The van der Waals surface area contributed by atoms with Gasteiger partial charge in [-0.05, 0) is 23.8 Å². The van der Waals surface area contributed by atoms with Gasteiger partial charge in [-0.3, -0.25) is 10.1 Å². The summed E-state index contributed by atoms with van der Waals surface area (Å²) < 4.78 is 0. The van der Waals surface area contributed by atoms with Gasteiger partial charge in [0.25, 0.3) is 5.69 Å². The van der Waals surface area contributed by atoms with Crippen LogP contribution in [0.15, 0.2) is 18.2 Å². The quantitative estimate of drug-likeness (QED) is 0.471. The molecule has 1 aromatic carbocycles. The largest absolute Gasteiger partial charge is 0.383 e. The highest BCUT2D eigenvalue weighted by atomic mass is 32.2. The number of nitro benzene ring substituents is 1. The van der Waals surface area contributed by atoms with Gasteiger partial charge in [-0.25, -0.2) is 0 Å². The summed E-state index contributed by atoms with van der Waals surface area (Å²) in [5.41, 5.74) is 1.83. The highest BCUT2D eigenvalue weighted by molar-refractivity contribution is 7.98. The summed E-state index contributed by atoms with van der Waals surface area (Å²) in [6.07, 6.45) is 1.15. The summed E-state index contributed by atoms with van der Waals surface area (Å²) in [5.74, 6) is 2.02. The molecule has 0 aliphatic rings. The molecule has 0 atom stereocenters. The number of hydrogen-bond acceptors (Lipinski definition) is 4. The Hall–Kier alpha value is -1.23. The second kappa shape index (κ2) is 6.37. The lowest BCUT2D eigenvalue weighted by molar-refractivity contribution is -0.383. The maximum Gasteiger partial charge on any atom is 0.292 e. The SMILES string of the molecule is CCCSCc1ccc([N+](=O)[O-])c(NC)c1. The predicted octanol–water partition coefficient (Wildman–Crippen LogP) is 3.28. The Kier molecular flexibility index (Phi) is 5.11. The van der Waals surface area contributed by atoms with Gasteiger partial charge >= 0.3 is 0 Å². The molecule has 0 bridgehead atoms. The molecule has 0 spiro atoms. The molecule has 1 aromatic rings. The van der Waals surface area contributed by atoms with E-state index in [0.717, 1.165) is 23.5 Å². The van der Waals surface area contributed by atoms with Crippen LogP contribution in [0.2, 0.25) is 0 Å². The molecular formula is C11H16N2O2S. The zero-order valence-electron chi connectivity index (χ0n) is 9.53. The van der Waals surface area contributed by atoms with Crippen molar-refractivity contribution >= 4 is 23.1 Å². The third-order valence-corrected chi connectivity index (χ3v) is 3.38. The van der Waals surface area contributed by atoms with Crippen molar-refractivity contribution < 1.29 is 4.92 Å². The molecule has 0 fully saturated rings. The van der Waals surface area contributed by atoms with Gasteiger partial charge in [0.15, 0.2) is 0 Å². The molecular weight excluding hydrogens is 224 g/mol. The Labute approximate surface area is 99.6 Å². The lowest BCUT2D eigenvalue weighted by Gasteiger charge is -2.05. The molecule has 0 heterocycles. The van der Waals surface area contributed by atoms with E-state index in [4.69, 9.17) is 0 Å². The summed E-state index contributed by atoms with van der Waals surface area (Å²) in [4.78, 5) is 10.3. The van der Waals surface area contributed by atoms with Gasteiger partial charge in [-0.15, -0.1) is 0 Å². The van der Waals surface area contributed by atoms with Crippen molar-refractivity contribution in [1.29, 1.82) is 0 Å². The van der Waals surface area contributed by atoms with Crippen molar-refractivity contribution in [2.24, 2.45) is 0 Å². The van der Waals surface area contributed by atoms with Crippen molar-refractivity contribution in [3.05, 3.63) is 33.9 Å². The van der Waals surface area contributed by atoms with Crippen LogP contribution in [0, 0.1) is 10.1 Å². The Balaban J connectivity index is 2.78. The predicted molar refractivity (Wildman–Crippen MR) is 69.1 cm³/mol. The normalized spacial score (nSPS) is 10.1. The van der Waals surface area contributed by atoms with Crippen LogP contribution in [0.5, 0.6) is 0 Å². The Morgan fingerprint density at radius 2 is 2.25 bits per heavy atom. The molecule has 1 N–H and O–H groups in total. The number of benzene rings is 1. The maximum absolute atomic E-state index is 10.7. The minimum Gasteiger partial charge on any atom is -0.383 e. The monoisotopic (exact) mass is 240 g/mol. The fourth-order valence-corrected chi connectivity index (χ4v) is 2.22. The second-order valence-corrected chi connectivity index (χ2v) is 4.52. The fraction of sp³-hybridized carbons (Fsp3) is 0.455. The van der Waals surface area contributed by atoms with E-state index in [1.807, 2.05) is 23.9 Å². The van der Waals surface area contributed by atoms with Gasteiger partial charge in [0.1, 0.15) is 5.69 Å². The third kappa shape index (κ3) is 3.41. The van der Waals surface area contributed by atoms with Crippen LogP contribution >= 0.6 is 11.8 Å². The molecule has 0 saturated carbocycles. The molecule has 88 valence electrons. The van der Waals surface area contributed by atoms with Gasteiger partial charge in [-0.2, -0.15) is 11.8 Å². The molecule has 1 rings (SSSR count). The number of anilines is 1. The van der Waals surface area contributed by atoms with E-state index in [2.05, 4.69) is 12.2 Å². The molecule has 0 unspecified atom stereocenters. The van der Waals surface area contributed by atoms with Crippen LogP contribution in [-0.4, -0.2) is 17.7 Å². The number of nitro groups is 1. The average Bonchev–Trinajstić information content (AvgIpc) is 2.29. The minimum absolute atomic E-state index is 0.131. The molecule has 0 aliphatic carbocycles. The highest BCUT2D eigenvalue weighted by Crippen LogP contribution is 2.26. The van der Waals surface area contributed by atoms with Crippen LogP contribution in [-0.2, 0) is 5.75 Å². The first-order chi connectivity index (χ1) is 7.69. The zero-order valence-corrected chi connectivity index (χ0v) is 10.3. The van der Waals surface area contributed by atoms with Crippen molar-refractivity contribution in [2.45, 2.75) is 19.1 Å². The van der Waals surface area contributed by atoms with Gasteiger partial charge < -0.3 is 5.32 Å². The second-order valence-electron chi connectivity index (χ2n) is 3.41. The van der Waals surface area contributed by atoms with E-state index in [0.29, 0.717) is 5.69 Å². The number of nitrogens with one attached hydrogen (secondary N) is 1. The van der Waals surface area contributed by atoms with Crippen LogP contribution in [0.1, 0.15) is 18.9 Å². The summed E-state index contributed by atoms with van der Waals surface area (Å²) >= 11 is 1.84. The first-order valence-corrected chi connectivity index (χ1v) is 6.37. The van der Waals surface area contributed by atoms with Crippen molar-refractivity contribution in [3.8, 4) is 0 Å². The molecule has 16 heavy (non-hydrogen) atoms. The zero-order chi connectivity index (χ0) is 12.0. The average molecular weight is 240 g/mol. The first-order valence-electron chi connectivity index (χ1n) is 5.21. The van der Waals surface area contributed by atoms with Crippen molar-refractivity contribution in [2.75, 3.05) is 18.1 Å². The standard InChI is InChI=1S/C11H16N2O2S/c1-3-6-16-8-9-4-5-11(13(14)15)10(7-9)12-2/h4-5,7,12H,3,6,8H2,1-2H3. The molecule has 4 nitrogen and oxygen atoms in total. The lowest BCUT2D eigenvalue weighted by atomic mass is 10.2. The van der Waals surface area contributed by atoms with Crippen LogP contribution in [0.4, 0.5) is 11.4 Å². The van der Waals surface area contributed by atoms with E-state index < -0.39 is 0 Å². The lowest BCUT2D eigenvalue weighted by Crippen LogP contribution is -1.97. The first kappa shape index (κ1) is 12.8. The summed E-state index contributed by atoms with van der Waals surface area (Å²) in [6, 6.07) is 5.23. The van der Waals surface area contributed by atoms with E-state index in [9.17, 15) is 10.1 Å². The number of nitrogens with zero attached hydrogens (tertiary/aromatic N) is 1.